The van der Waals surface area contributed by atoms with Crippen molar-refractivity contribution >= 4 is 21.6 Å². The number of ether oxygens (including phenoxy) is 1. The second-order valence-electron chi connectivity index (χ2n) is 4.58. The van der Waals surface area contributed by atoms with E-state index < -0.39 is 0 Å². The van der Waals surface area contributed by atoms with Gasteiger partial charge in [0.05, 0.1) is 6.10 Å². The van der Waals surface area contributed by atoms with E-state index in [1.165, 1.54) is 0 Å². The molecule has 17 heavy (non-hydrogen) atoms. The largest absolute Gasteiger partial charge is 0.472 e. The van der Waals surface area contributed by atoms with E-state index in [0.29, 0.717) is 11.8 Å². The average Bonchev–Trinajstić information content (AvgIpc) is 2.63. The number of nitrogens with zero attached hydrogens (tertiary/aromatic N) is 3. The maximum Gasteiger partial charge on any atom is 0.259 e. The van der Waals surface area contributed by atoms with Crippen LogP contribution in [0.15, 0.2) is 23.2 Å². The first-order valence-electron chi connectivity index (χ1n) is 5.72. The van der Waals surface area contributed by atoms with E-state index >= 15 is 0 Å². The molecule has 0 aliphatic rings. The van der Waals surface area contributed by atoms with Crippen molar-refractivity contribution in [3.63, 3.8) is 0 Å². The Kier molecular flexibility index (Phi) is 3.66. The number of hydrogen-bond acceptors (Lipinski definition) is 3. The molecule has 5 heteroatoms. The molecule has 1 atom stereocenters. The van der Waals surface area contributed by atoms with Crippen LogP contribution in [-0.4, -0.2) is 20.5 Å². The van der Waals surface area contributed by atoms with E-state index in [0.717, 1.165) is 16.7 Å². The molecule has 0 N–H and O–H groups in total. The van der Waals surface area contributed by atoms with Crippen LogP contribution in [0, 0.1) is 5.92 Å². The van der Waals surface area contributed by atoms with E-state index in [1.807, 2.05) is 16.8 Å². The Balaban J connectivity index is 2.25. The zero-order chi connectivity index (χ0) is 12.4. The maximum atomic E-state index is 5.85. The van der Waals surface area contributed by atoms with Crippen molar-refractivity contribution in [2.45, 2.75) is 33.3 Å². The van der Waals surface area contributed by atoms with Crippen molar-refractivity contribution < 1.29 is 4.74 Å². The molecule has 0 radical (unpaired) electrons. The molecule has 0 spiro atoms. The average molecular weight is 298 g/mol. The predicted octanol–water partition coefficient (Wildman–Crippen LogP) is 3.31. The monoisotopic (exact) mass is 297 g/mol. The van der Waals surface area contributed by atoms with Crippen LogP contribution < -0.4 is 4.74 Å². The number of rotatable bonds is 4. The summed E-state index contributed by atoms with van der Waals surface area (Å²) < 4.78 is 8.50. The van der Waals surface area contributed by atoms with Gasteiger partial charge in [-0.2, -0.15) is 0 Å². The quantitative estimate of drug-likeness (QED) is 0.869. The summed E-state index contributed by atoms with van der Waals surface area (Å²) in [6, 6.07) is 0. The third kappa shape index (κ3) is 2.97. The van der Waals surface area contributed by atoms with Gasteiger partial charge in [0.15, 0.2) is 0 Å². The number of fused-ring (bicyclic) bond motifs is 1. The minimum Gasteiger partial charge on any atom is -0.472 e. The maximum absolute atomic E-state index is 5.85. The highest BCUT2D eigenvalue weighted by atomic mass is 79.9. The normalized spacial score (nSPS) is 13.2. The van der Waals surface area contributed by atoms with Crippen LogP contribution in [0.25, 0.3) is 5.65 Å². The molecular weight excluding hydrogens is 282 g/mol. The fourth-order valence-corrected chi connectivity index (χ4v) is 2.24. The van der Waals surface area contributed by atoms with Crippen LogP contribution in [0.1, 0.15) is 27.2 Å². The van der Waals surface area contributed by atoms with Crippen LogP contribution in [0.3, 0.4) is 0 Å². The van der Waals surface area contributed by atoms with Crippen LogP contribution in [-0.2, 0) is 0 Å². The number of aromatic nitrogens is 3. The number of hydrogen-bond donors (Lipinski definition) is 0. The minimum absolute atomic E-state index is 0.136. The summed E-state index contributed by atoms with van der Waals surface area (Å²) in [5, 5.41) is 0. The second kappa shape index (κ2) is 5.04. The van der Waals surface area contributed by atoms with E-state index in [9.17, 15) is 0 Å². The number of imidazole rings is 1. The Morgan fingerprint density at radius 2 is 2.18 bits per heavy atom. The molecule has 0 fully saturated rings. The molecule has 2 heterocycles. The predicted molar refractivity (Wildman–Crippen MR) is 70.2 cm³/mol. The van der Waals surface area contributed by atoms with Gasteiger partial charge < -0.3 is 4.74 Å². The molecule has 0 aliphatic carbocycles. The molecule has 2 aromatic rings. The first kappa shape index (κ1) is 12.4. The molecule has 2 aromatic heterocycles. The van der Waals surface area contributed by atoms with Gasteiger partial charge in [0, 0.05) is 18.6 Å². The van der Waals surface area contributed by atoms with Crippen molar-refractivity contribution in [2.75, 3.05) is 0 Å². The smallest absolute Gasteiger partial charge is 0.259 e. The molecule has 2 rings (SSSR count). The fraction of sp³-hybridized carbons (Fsp3) is 0.500. The van der Waals surface area contributed by atoms with Gasteiger partial charge in [-0.3, -0.25) is 4.40 Å². The summed E-state index contributed by atoms with van der Waals surface area (Å²) in [5.74, 6) is 1.19. The molecular formula is C12H16BrN3O. The van der Waals surface area contributed by atoms with Crippen LogP contribution in [0.5, 0.6) is 5.88 Å². The molecule has 0 saturated carbocycles. The van der Waals surface area contributed by atoms with Crippen molar-refractivity contribution in [1.82, 2.24) is 14.4 Å². The van der Waals surface area contributed by atoms with Gasteiger partial charge in [-0.15, -0.1) is 0 Å². The van der Waals surface area contributed by atoms with Gasteiger partial charge in [-0.05, 0) is 35.2 Å². The molecule has 0 amide bonds. The lowest BCUT2D eigenvalue weighted by atomic mass is 10.1. The third-order valence-electron chi connectivity index (χ3n) is 2.43. The van der Waals surface area contributed by atoms with Crippen molar-refractivity contribution in [2.24, 2.45) is 5.92 Å². The van der Waals surface area contributed by atoms with Crippen molar-refractivity contribution in [3.05, 3.63) is 23.2 Å². The van der Waals surface area contributed by atoms with Crippen LogP contribution >= 0.6 is 15.9 Å². The Hall–Kier alpha value is -1.10. The van der Waals surface area contributed by atoms with Crippen molar-refractivity contribution in [1.29, 1.82) is 0 Å². The van der Waals surface area contributed by atoms with Gasteiger partial charge in [0.1, 0.15) is 4.60 Å². The fourth-order valence-electron chi connectivity index (χ4n) is 1.86. The lowest BCUT2D eigenvalue weighted by Crippen LogP contribution is -2.16. The van der Waals surface area contributed by atoms with E-state index in [4.69, 9.17) is 4.74 Å². The summed E-state index contributed by atoms with van der Waals surface area (Å²) in [6.45, 7) is 6.42. The highest BCUT2D eigenvalue weighted by Crippen LogP contribution is 2.21. The lowest BCUT2D eigenvalue weighted by molar-refractivity contribution is 0.187. The topological polar surface area (TPSA) is 39.4 Å². The summed E-state index contributed by atoms with van der Waals surface area (Å²) in [4.78, 5) is 8.58. The molecule has 0 aliphatic heterocycles. The Labute approximate surface area is 109 Å². The van der Waals surface area contributed by atoms with Crippen molar-refractivity contribution in [3.8, 4) is 5.88 Å². The second-order valence-corrected chi connectivity index (χ2v) is 5.40. The van der Waals surface area contributed by atoms with Gasteiger partial charge in [0.2, 0.25) is 5.65 Å². The Morgan fingerprint density at radius 3 is 2.88 bits per heavy atom. The number of halogens is 1. The molecule has 92 valence electrons. The molecule has 1 unspecified atom stereocenters. The summed E-state index contributed by atoms with van der Waals surface area (Å²) in [5.41, 5.74) is 0.754. The van der Waals surface area contributed by atoms with Crippen LogP contribution in [0.2, 0.25) is 0 Å². The van der Waals surface area contributed by atoms with Crippen LogP contribution in [0.4, 0.5) is 0 Å². The van der Waals surface area contributed by atoms with E-state index in [2.05, 4.69) is 46.7 Å². The van der Waals surface area contributed by atoms with Gasteiger partial charge in [0.25, 0.3) is 5.88 Å². The first-order chi connectivity index (χ1) is 8.06. The summed E-state index contributed by atoms with van der Waals surface area (Å²) >= 11 is 3.37. The standard InChI is InChI=1S/C12H16BrN3O/c1-8(2)6-9(3)17-12-11-14-4-5-16(11)7-10(13)15-12/h4-5,7-9H,6H2,1-3H3. The first-order valence-corrected chi connectivity index (χ1v) is 6.51. The Bertz CT molecular complexity index is 509. The van der Waals surface area contributed by atoms with Gasteiger partial charge in [-0.25, -0.2) is 9.97 Å². The summed E-state index contributed by atoms with van der Waals surface area (Å²) in [6.07, 6.45) is 6.62. The molecule has 0 aromatic carbocycles. The zero-order valence-corrected chi connectivity index (χ0v) is 11.8. The molecule has 4 nitrogen and oxygen atoms in total. The van der Waals surface area contributed by atoms with E-state index in [-0.39, 0.29) is 6.10 Å². The minimum atomic E-state index is 0.136. The molecule has 0 saturated heterocycles. The SMILES string of the molecule is CC(C)CC(C)Oc1nc(Br)cn2ccnc12. The molecule has 0 bridgehead atoms. The lowest BCUT2D eigenvalue weighted by Gasteiger charge is -2.16. The van der Waals surface area contributed by atoms with Gasteiger partial charge in [-0.1, -0.05) is 13.8 Å². The van der Waals surface area contributed by atoms with E-state index in [1.54, 1.807) is 6.20 Å². The highest BCUT2D eigenvalue weighted by molar-refractivity contribution is 9.10. The highest BCUT2D eigenvalue weighted by Gasteiger charge is 2.12. The zero-order valence-electron chi connectivity index (χ0n) is 10.2. The van der Waals surface area contributed by atoms with Gasteiger partial charge >= 0.3 is 0 Å². The Morgan fingerprint density at radius 1 is 1.41 bits per heavy atom. The summed E-state index contributed by atoms with van der Waals surface area (Å²) in [7, 11) is 0. The third-order valence-corrected chi connectivity index (χ3v) is 2.81.